The lowest BCUT2D eigenvalue weighted by atomic mass is 10.1. The van der Waals surface area contributed by atoms with Gasteiger partial charge in [0.2, 0.25) is 17.6 Å². The molecule has 3 aromatic rings. The number of hydrogen-bond acceptors (Lipinski definition) is 5. The molecule has 1 atom stereocenters. The molecule has 1 aliphatic rings. The Kier molecular flexibility index (Phi) is 6.35. The molecule has 1 aliphatic heterocycles. The van der Waals surface area contributed by atoms with Gasteiger partial charge in [-0.1, -0.05) is 30.6 Å². The molecule has 1 fully saturated rings. The number of nitrogens with zero attached hydrogens (tertiary/aromatic N) is 3. The smallest absolute Gasteiger partial charge is 0.232 e. The summed E-state index contributed by atoms with van der Waals surface area (Å²) in [5.74, 6) is 1.82. The van der Waals surface area contributed by atoms with Crippen LogP contribution in [0.3, 0.4) is 0 Å². The Morgan fingerprint density at radius 2 is 1.87 bits per heavy atom. The molecule has 0 saturated carbocycles. The molecular weight excluding hydrogens is 390 g/mol. The number of benzene rings is 2. The number of carbonyl (C=O) groups excluding carboxylic acids is 1. The molecule has 1 aromatic heterocycles. The summed E-state index contributed by atoms with van der Waals surface area (Å²) in [6.45, 7) is 6.73. The Morgan fingerprint density at radius 1 is 1.13 bits per heavy atom. The first kappa shape index (κ1) is 21.1. The van der Waals surface area contributed by atoms with Crippen molar-refractivity contribution < 1.29 is 14.1 Å². The van der Waals surface area contributed by atoms with E-state index in [4.69, 9.17) is 9.26 Å². The van der Waals surface area contributed by atoms with Crippen LogP contribution >= 0.6 is 0 Å². The Hall–Kier alpha value is -3.15. The van der Waals surface area contributed by atoms with E-state index in [0.717, 1.165) is 23.4 Å². The summed E-state index contributed by atoms with van der Waals surface area (Å²) in [7, 11) is 0. The lowest BCUT2D eigenvalue weighted by molar-refractivity contribution is -0.117. The third-order valence-corrected chi connectivity index (χ3v) is 5.47. The van der Waals surface area contributed by atoms with E-state index in [1.54, 1.807) is 0 Å². The van der Waals surface area contributed by atoms with E-state index >= 15 is 0 Å². The normalized spacial score (nSPS) is 16.3. The number of aromatic nitrogens is 2. The first-order valence-corrected chi connectivity index (χ1v) is 11.0. The van der Waals surface area contributed by atoms with E-state index in [1.165, 1.54) is 18.4 Å². The third-order valence-electron chi connectivity index (χ3n) is 5.47. The van der Waals surface area contributed by atoms with Gasteiger partial charge in [-0.25, -0.2) is 0 Å². The Balaban J connectivity index is 1.43. The Labute approximate surface area is 183 Å². The van der Waals surface area contributed by atoms with Crippen LogP contribution in [0, 0.1) is 0 Å². The number of hydrogen-bond donors (Lipinski definition) is 0. The SMILES string of the molecule is CCCCc1ccc(N2CC(c3nc(-c4ccc(OC(C)C)cc4)no3)CC2=O)cc1. The minimum Gasteiger partial charge on any atom is -0.491 e. The monoisotopic (exact) mass is 419 g/mol. The van der Waals surface area contributed by atoms with Crippen molar-refractivity contribution in [2.45, 2.75) is 58.5 Å². The fraction of sp³-hybridized carbons (Fsp3) is 0.400. The fourth-order valence-electron chi connectivity index (χ4n) is 3.82. The quantitative estimate of drug-likeness (QED) is 0.490. The van der Waals surface area contributed by atoms with Gasteiger partial charge in [0.25, 0.3) is 0 Å². The van der Waals surface area contributed by atoms with Gasteiger partial charge in [0.1, 0.15) is 5.75 Å². The predicted molar refractivity (Wildman–Crippen MR) is 120 cm³/mol. The van der Waals surface area contributed by atoms with Crippen LogP contribution in [-0.2, 0) is 11.2 Å². The highest BCUT2D eigenvalue weighted by Crippen LogP contribution is 2.32. The van der Waals surface area contributed by atoms with Gasteiger partial charge in [-0.15, -0.1) is 0 Å². The molecule has 0 bridgehead atoms. The number of amides is 1. The highest BCUT2D eigenvalue weighted by atomic mass is 16.5. The van der Waals surface area contributed by atoms with Gasteiger partial charge in [0, 0.05) is 24.2 Å². The van der Waals surface area contributed by atoms with Gasteiger partial charge in [0.15, 0.2) is 0 Å². The van der Waals surface area contributed by atoms with Crippen molar-refractivity contribution in [1.82, 2.24) is 10.1 Å². The second-order valence-corrected chi connectivity index (χ2v) is 8.32. The summed E-state index contributed by atoms with van der Waals surface area (Å²) in [5.41, 5.74) is 3.09. The van der Waals surface area contributed by atoms with Crippen LogP contribution in [-0.4, -0.2) is 28.7 Å². The molecule has 4 rings (SSSR count). The van der Waals surface area contributed by atoms with Crippen molar-refractivity contribution in [2.75, 3.05) is 11.4 Å². The average Bonchev–Trinajstić information content (AvgIpc) is 3.40. The molecule has 0 radical (unpaired) electrons. The van der Waals surface area contributed by atoms with E-state index in [1.807, 2.05) is 55.1 Å². The zero-order valence-electron chi connectivity index (χ0n) is 18.4. The van der Waals surface area contributed by atoms with Gasteiger partial charge in [-0.3, -0.25) is 4.79 Å². The van der Waals surface area contributed by atoms with Crippen LogP contribution in [0.2, 0.25) is 0 Å². The molecule has 1 unspecified atom stereocenters. The summed E-state index contributed by atoms with van der Waals surface area (Å²) in [6, 6.07) is 15.9. The molecule has 0 N–H and O–H groups in total. The second kappa shape index (κ2) is 9.33. The van der Waals surface area contributed by atoms with Gasteiger partial charge >= 0.3 is 0 Å². The van der Waals surface area contributed by atoms with Gasteiger partial charge < -0.3 is 14.2 Å². The summed E-state index contributed by atoms with van der Waals surface area (Å²) in [4.78, 5) is 19.0. The summed E-state index contributed by atoms with van der Waals surface area (Å²) in [5, 5.41) is 4.13. The predicted octanol–water partition coefficient (Wildman–Crippen LogP) is 5.39. The van der Waals surface area contributed by atoms with Crippen molar-refractivity contribution in [1.29, 1.82) is 0 Å². The molecule has 0 spiro atoms. The standard InChI is InChI=1S/C25H29N3O3/c1-4-5-6-18-7-11-21(12-8-18)28-16-20(15-23(28)29)25-26-24(27-31-25)19-9-13-22(14-10-19)30-17(2)3/h7-14,17,20H,4-6,15-16H2,1-3H3. The van der Waals surface area contributed by atoms with Gasteiger partial charge in [-0.05, 0) is 68.7 Å². The first-order valence-electron chi connectivity index (χ1n) is 11.0. The summed E-state index contributed by atoms with van der Waals surface area (Å²) >= 11 is 0. The molecule has 6 heteroatoms. The summed E-state index contributed by atoms with van der Waals surface area (Å²) < 4.78 is 11.2. The maximum absolute atomic E-state index is 12.6. The topological polar surface area (TPSA) is 68.5 Å². The van der Waals surface area contributed by atoms with Crippen LogP contribution in [0.25, 0.3) is 11.4 Å². The van der Waals surface area contributed by atoms with Crippen LogP contribution in [0.1, 0.15) is 57.4 Å². The van der Waals surface area contributed by atoms with Gasteiger partial charge in [-0.2, -0.15) is 4.98 Å². The average molecular weight is 420 g/mol. The van der Waals surface area contributed by atoms with Crippen LogP contribution in [0.15, 0.2) is 53.1 Å². The summed E-state index contributed by atoms with van der Waals surface area (Å²) in [6.07, 6.45) is 3.92. The lowest BCUT2D eigenvalue weighted by Gasteiger charge is -2.16. The minimum absolute atomic E-state index is 0.0845. The van der Waals surface area contributed by atoms with Crippen molar-refractivity contribution >= 4 is 11.6 Å². The third kappa shape index (κ3) is 4.95. The molecular formula is C25H29N3O3. The van der Waals surface area contributed by atoms with Crippen molar-refractivity contribution in [3.05, 3.63) is 60.0 Å². The molecule has 6 nitrogen and oxygen atoms in total. The minimum atomic E-state index is -0.0999. The number of aryl methyl sites for hydroxylation is 1. The zero-order valence-corrected chi connectivity index (χ0v) is 18.4. The van der Waals surface area contributed by atoms with Crippen molar-refractivity contribution in [2.24, 2.45) is 0 Å². The van der Waals surface area contributed by atoms with Crippen LogP contribution < -0.4 is 9.64 Å². The molecule has 2 heterocycles. The van der Waals surface area contributed by atoms with Gasteiger partial charge in [0.05, 0.1) is 12.0 Å². The second-order valence-electron chi connectivity index (χ2n) is 8.32. The molecule has 1 amide bonds. The van der Waals surface area contributed by atoms with E-state index in [-0.39, 0.29) is 17.9 Å². The van der Waals surface area contributed by atoms with Crippen LogP contribution in [0.4, 0.5) is 5.69 Å². The molecule has 162 valence electrons. The van der Waals surface area contributed by atoms with E-state index in [0.29, 0.717) is 24.7 Å². The highest BCUT2D eigenvalue weighted by Gasteiger charge is 2.35. The molecule has 31 heavy (non-hydrogen) atoms. The zero-order chi connectivity index (χ0) is 21.8. The lowest BCUT2D eigenvalue weighted by Crippen LogP contribution is -2.24. The van der Waals surface area contributed by atoms with E-state index in [2.05, 4.69) is 29.2 Å². The van der Waals surface area contributed by atoms with E-state index in [9.17, 15) is 4.79 Å². The van der Waals surface area contributed by atoms with Crippen molar-refractivity contribution in [3.8, 4) is 17.1 Å². The van der Waals surface area contributed by atoms with Crippen molar-refractivity contribution in [3.63, 3.8) is 0 Å². The Morgan fingerprint density at radius 3 is 2.55 bits per heavy atom. The number of carbonyl (C=O) groups is 1. The molecule has 0 aliphatic carbocycles. The number of unbranched alkanes of at least 4 members (excludes halogenated alkanes) is 1. The maximum atomic E-state index is 12.6. The van der Waals surface area contributed by atoms with Crippen LogP contribution in [0.5, 0.6) is 5.75 Å². The first-order chi connectivity index (χ1) is 15.0. The largest absolute Gasteiger partial charge is 0.491 e. The fourth-order valence-corrected chi connectivity index (χ4v) is 3.82. The maximum Gasteiger partial charge on any atom is 0.232 e. The number of rotatable bonds is 8. The molecule has 1 saturated heterocycles. The van der Waals surface area contributed by atoms with E-state index < -0.39 is 0 Å². The Bertz CT molecular complexity index is 1010. The number of ether oxygens (including phenoxy) is 1. The molecule has 2 aromatic carbocycles. The highest BCUT2D eigenvalue weighted by molar-refractivity contribution is 5.96. The number of anilines is 1.